The Bertz CT molecular complexity index is 1520. The fourth-order valence-electron chi connectivity index (χ4n) is 4.56. The van der Waals surface area contributed by atoms with Crippen LogP contribution in [0.5, 0.6) is 0 Å². The molecule has 0 bridgehead atoms. The number of carbonyl (C=O) groups excluding carboxylic acids is 2. The number of hydrogen-bond donors (Lipinski definition) is 1. The van der Waals surface area contributed by atoms with Gasteiger partial charge in [0.05, 0.1) is 10.2 Å². The summed E-state index contributed by atoms with van der Waals surface area (Å²) in [6.07, 6.45) is 4.40. The van der Waals surface area contributed by atoms with Crippen molar-refractivity contribution in [1.29, 1.82) is 0 Å². The van der Waals surface area contributed by atoms with Gasteiger partial charge >= 0.3 is 0 Å². The quantitative estimate of drug-likeness (QED) is 0.259. The monoisotopic (exact) mass is 494 g/mol. The molecule has 0 atom stereocenters. The van der Waals surface area contributed by atoms with Gasteiger partial charge in [-0.05, 0) is 55.5 Å². The molecule has 1 aliphatic carbocycles. The third-order valence-corrected chi connectivity index (χ3v) is 8.61. The maximum absolute atomic E-state index is 13.2. The summed E-state index contributed by atoms with van der Waals surface area (Å²) in [6.45, 7) is 0. The first-order valence-electron chi connectivity index (χ1n) is 11.7. The molecular formula is C29H22N2O2S2. The number of anilines is 1. The van der Waals surface area contributed by atoms with E-state index in [-0.39, 0.29) is 11.7 Å². The molecule has 0 aliphatic heterocycles. The molecule has 0 unspecified atom stereocenters. The summed E-state index contributed by atoms with van der Waals surface area (Å²) in [5.41, 5.74) is 5.12. The molecule has 4 nitrogen and oxygen atoms in total. The van der Waals surface area contributed by atoms with Gasteiger partial charge in [-0.15, -0.1) is 22.7 Å². The molecule has 1 amide bonds. The highest BCUT2D eigenvalue weighted by molar-refractivity contribution is 7.23. The number of amides is 1. The van der Waals surface area contributed by atoms with Crippen molar-refractivity contribution in [1.82, 2.24) is 4.98 Å². The van der Waals surface area contributed by atoms with Gasteiger partial charge in [-0.2, -0.15) is 0 Å². The third-order valence-electron chi connectivity index (χ3n) is 6.35. The lowest BCUT2D eigenvalue weighted by molar-refractivity contribution is 0.102. The highest BCUT2D eigenvalue weighted by Crippen LogP contribution is 2.46. The molecule has 172 valence electrons. The van der Waals surface area contributed by atoms with E-state index in [4.69, 9.17) is 4.98 Å². The first-order valence-corrected chi connectivity index (χ1v) is 13.3. The van der Waals surface area contributed by atoms with Gasteiger partial charge in [0.2, 0.25) is 0 Å². The molecule has 2 heterocycles. The van der Waals surface area contributed by atoms with E-state index >= 15 is 0 Å². The Kier molecular flexibility index (Phi) is 5.76. The lowest BCUT2D eigenvalue weighted by Crippen LogP contribution is -2.12. The number of fused-ring (bicyclic) bond motifs is 2. The number of rotatable bonds is 5. The Morgan fingerprint density at radius 1 is 0.743 bits per heavy atom. The zero-order chi connectivity index (χ0) is 23.8. The van der Waals surface area contributed by atoms with E-state index in [1.165, 1.54) is 16.9 Å². The number of nitrogens with zero attached hydrogens (tertiary/aromatic N) is 1. The van der Waals surface area contributed by atoms with E-state index in [0.29, 0.717) is 16.7 Å². The van der Waals surface area contributed by atoms with Crippen molar-refractivity contribution in [3.63, 3.8) is 0 Å². The van der Waals surface area contributed by atoms with Crippen LogP contribution in [-0.4, -0.2) is 16.7 Å². The molecule has 0 spiro atoms. The molecule has 3 aromatic carbocycles. The third kappa shape index (κ3) is 4.20. The Morgan fingerprint density at radius 3 is 2.23 bits per heavy atom. The van der Waals surface area contributed by atoms with Gasteiger partial charge < -0.3 is 5.32 Å². The first kappa shape index (κ1) is 21.9. The second kappa shape index (κ2) is 9.21. The highest BCUT2D eigenvalue weighted by Gasteiger charge is 2.25. The van der Waals surface area contributed by atoms with Crippen LogP contribution in [0.2, 0.25) is 0 Å². The Balaban J connectivity index is 1.30. The molecule has 35 heavy (non-hydrogen) atoms. The average molecular weight is 495 g/mol. The van der Waals surface area contributed by atoms with Gasteiger partial charge in [0, 0.05) is 27.1 Å². The summed E-state index contributed by atoms with van der Waals surface area (Å²) in [5, 5.41) is 5.00. The van der Waals surface area contributed by atoms with Crippen LogP contribution < -0.4 is 5.32 Å². The summed E-state index contributed by atoms with van der Waals surface area (Å²) in [6, 6.07) is 24.2. The number of thiophene rings is 1. The number of hydrogen-bond acceptors (Lipinski definition) is 5. The maximum Gasteiger partial charge on any atom is 0.256 e. The number of benzene rings is 3. The van der Waals surface area contributed by atoms with E-state index in [9.17, 15) is 9.59 Å². The van der Waals surface area contributed by atoms with Crippen LogP contribution in [0.4, 0.5) is 5.00 Å². The number of thiazole rings is 1. The topological polar surface area (TPSA) is 59.1 Å². The molecule has 0 saturated carbocycles. The summed E-state index contributed by atoms with van der Waals surface area (Å²) < 4.78 is 1.15. The van der Waals surface area contributed by atoms with Crippen molar-refractivity contribution in [2.75, 3.05) is 5.32 Å². The van der Waals surface area contributed by atoms with Crippen LogP contribution in [0.15, 0.2) is 78.9 Å². The number of nitrogens with one attached hydrogen (secondary N) is 1. The second-order valence-corrected chi connectivity index (χ2v) is 10.8. The standard InChI is InChI=1S/C29H22N2O2S2/c32-26(18-8-2-1-3-9-18)19-14-16-20(17-15-19)27(33)31-29-25(21-10-4-6-12-23(21)34-29)28-30-22-11-5-7-13-24(22)35-28/h1-3,5,7-9,11,13-17H,4,6,10,12H2,(H,31,33). The minimum atomic E-state index is -0.176. The summed E-state index contributed by atoms with van der Waals surface area (Å²) in [5.74, 6) is -0.230. The van der Waals surface area contributed by atoms with Gasteiger partial charge in [0.15, 0.2) is 5.78 Å². The highest BCUT2D eigenvalue weighted by atomic mass is 32.1. The Labute approximate surface area is 211 Å². The minimum Gasteiger partial charge on any atom is -0.313 e. The van der Waals surface area contributed by atoms with Crippen molar-refractivity contribution < 1.29 is 9.59 Å². The second-order valence-electron chi connectivity index (χ2n) is 8.63. The van der Waals surface area contributed by atoms with Crippen LogP contribution in [0, 0.1) is 0 Å². The van der Waals surface area contributed by atoms with E-state index in [2.05, 4.69) is 11.4 Å². The molecule has 6 heteroatoms. The molecule has 0 radical (unpaired) electrons. The van der Waals surface area contributed by atoms with Crippen LogP contribution in [-0.2, 0) is 12.8 Å². The number of ketones is 1. The molecule has 1 aliphatic rings. The fraction of sp³-hybridized carbons (Fsp3) is 0.138. The zero-order valence-corrected chi connectivity index (χ0v) is 20.5. The number of aromatic nitrogens is 1. The predicted molar refractivity (Wildman–Crippen MR) is 144 cm³/mol. The Hall–Kier alpha value is -3.61. The SMILES string of the molecule is O=C(Nc1sc2c(c1-c1nc3ccccc3s1)CCCC2)c1ccc(C(=O)c2ccccc2)cc1. The van der Waals surface area contributed by atoms with Gasteiger partial charge in [-0.25, -0.2) is 4.98 Å². The lowest BCUT2D eigenvalue weighted by Gasteiger charge is -2.12. The smallest absolute Gasteiger partial charge is 0.256 e. The maximum atomic E-state index is 13.2. The molecule has 1 N–H and O–H groups in total. The van der Waals surface area contributed by atoms with Gasteiger partial charge in [0.1, 0.15) is 10.0 Å². The summed E-state index contributed by atoms with van der Waals surface area (Å²) in [4.78, 5) is 32.2. The van der Waals surface area contributed by atoms with E-state index < -0.39 is 0 Å². The molecule has 2 aromatic heterocycles. The summed E-state index contributed by atoms with van der Waals surface area (Å²) >= 11 is 3.35. The van der Waals surface area contributed by atoms with E-state index in [1.807, 2.05) is 36.4 Å². The predicted octanol–water partition coefficient (Wildman–Crippen LogP) is 7.39. The molecule has 0 fully saturated rings. The number of carbonyl (C=O) groups is 2. The molecule has 5 aromatic rings. The average Bonchev–Trinajstić information content (AvgIpc) is 3.49. The minimum absolute atomic E-state index is 0.0541. The van der Waals surface area contributed by atoms with Crippen LogP contribution in [0.3, 0.4) is 0 Å². The van der Waals surface area contributed by atoms with Crippen molar-refractivity contribution in [2.45, 2.75) is 25.7 Å². The molecule has 0 saturated heterocycles. The van der Waals surface area contributed by atoms with Gasteiger partial charge in [-0.3, -0.25) is 9.59 Å². The van der Waals surface area contributed by atoms with Crippen LogP contribution in [0.1, 0.15) is 49.6 Å². The molecular weight excluding hydrogens is 472 g/mol. The zero-order valence-electron chi connectivity index (χ0n) is 18.9. The van der Waals surface area contributed by atoms with Crippen LogP contribution >= 0.6 is 22.7 Å². The normalized spacial score (nSPS) is 12.9. The van der Waals surface area contributed by atoms with Gasteiger partial charge in [0.25, 0.3) is 5.91 Å². The largest absolute Gasteiger partial charge is 0.313 e. The first-order chi connectivity index (χ1) is 17.2. The Morgan fingerprint density at radius 2 is 1.43 bits per heavy atom. The van der Waals surface area contributed by atoms with E-state index in [1.54, 1.807) is 59.1 Å². The number of para-hydroxylation sites is 1. The van der Waals surface area contributed by atoms with Crippen LogP contribution in [0.25, 0.3) is 20.8 Å². The van der Waals surface area contributed by atoms with Crippen molar-refractivity contribution in [3.05, 3.63) is 106 Å². The fourth-order valence-corrected chi connectivity index (χ4v) is 6.96. The van der Waals surface area contributed by atoms with Crippen molar-refractivity contribution in [2.24, 2.45) is 0 Å². The number of aryl methyl sites for hydroxylation is 1. The van der Waals surface area contributed by atoms with Crippen molar-refractivity contribution >= 4 is 49.6 Å². The van der Waals surface area contributed by atoms with Gasteiger partial charge in [-0.1, -0.05) is 54.6 Å². The molecule has 6 rings (SSSR count). The lowest BCUT2D eigenvalue weighted by atomic mass is 9.95. The van der Waals surface area contributed by atoms with E-state index in [0.717, 1.165) is 45.1 Å². The summed E-state index contributed by atoms with van der Waals surface area (Å²) in [7, 11) is 0. The van der Waals surface area contributed by atoms with Crippen molar-refractivity contribution in [3.8, 4) is 10.6 Å².